The maximum atomic E-state index is 10.8. The third-order valence-electron chi connectivity index (χ3n) is 1.89. The second-order valence-corrected chi connectivity index (χ2v) is 3.30. The molecule has 0 fully saturated rings. The maximum Gasteiger partial charge on any atom is 0.221 e. The van der Waals surface area contributed by atoms with Crippen LogP contribution in [-0.4, -0.2) is 12.5 Å². The molecule has 0 unspecified atom stereocenters. The van der Waals surface area contributed by atoms with E-state index in [1.807, 2.05) is 30.3 Å². The van der Waals surface area contributed by atoms with Crippen LogP contribution in [0.1, 0.15) is 12.5 Å². The number of rotatable bonds is 5. The number of carbonyl (C=O) groups excluding carboxylic acids is 1. The SMILES string of the molecule is C=CCNCc1ccc(NC(C)=O)cc1. The Hall–Kier alpha value is -1.61. The van der Waals surface area contributed by atoms with Gasteiger partial charge in [-0.15, -0.1) is 6.58 Å². The normalized spacial score (nSPS) is 9.67. The molecule has 1 rings (SSSR count). The zero-order valence-electron chi connectivity index (χ0n) is 8.92. The van der Waals surface area contributed by atoms with E-state index in [4.69, 9.17) is 0 Å². The van der Waals surface area contributed by atoms with Crippen molar-refractivity contribution in [2.24, 2.45) is 0 Å². The molecule has 3 nitrogen and oxygen atoms in total. The Labute approximate surface area is 90.2 Å². The number of carbonyl (C=O) groups is 1. The van der Waals surface area contributed by atoms with Crippen molar-refractivity contribution in [1.82, 2.24) is 5.32 Å². The van der Waals surface area contributed by atoms with Crippen LogP contribution in [0.2, 0.25) is 0 Å². The predicted molar refractivity (Wildman–Crippen MR) is 62.6 cm³/mol. The Balaban J connectivity index is 2.48. The van der Waals surface area contributed by atoms with Gasteiger partial charge in [-0.3, -0.25) is 4.79 Å². The van der Waals surface area contributed by atoms with Crippen LogP contribution in [0, 0.1) is 0 Å². The lowest BCUT2D eigenvalue weighted by molar-refractivity contribution is -0.114. The van der Waals surface area contributed by atoms with Crippen molar-refractivity contribution in [1.29, 1.82) is 0 Å². The molecule has 0 aliphatic heterocycles. The van der Waals surface area contributed by atoms with Crippen molar-refractivity contribution in [3.8, 4) is 0 Å². The van der Waals surface area contributed by atoms with E-state index in [0.29, 0.717) is 0 Å². The minimum atomic E-state index is -0.0486. The topological polar surface area (TPSA) is 41.1 Å². The molecule has 0 heterocycles. The molecule has 0 aromatic heterocycles. The summed E-state index contributed by atoms with van der Waals surface area (Å²) >= 11 is 0. The van der Waals surface area contributed by atoms with E-state index < -0.39 is 0 Å². The number of benzene rings is 1. The molecule has 15 heavy (non-hydrogen) atoms. The number of hydrogen-bond acceptors (Lipinski definition) is 2. The summed E-state index contributed by atoms with van der Waals surface area (Å²) in [7, 11) is 0. The standard InChI is InChI=1S/C12H16N2O/c1-3-8-13-9-11-4-6-12(7-5-11)14-10(2)15/h3-7,13H,1,8-9H2,2H3,(H,14,15). The minimum Gasteiger partial charge on any atom is -0.326 e. The number of amides is 1. The van der Waals surface area contributed by atoms with Crippen molar-refractivity contribution >= 4 is 11.6 Å². The fraction of sp³-hybridized carbons (Fsp3) is 0.250. The molecule has 1 aromatic rings. The molecule has 0 aliphatic carbocycles. The number of anilines is 1. The molecule has 0 spiro atoms. The zero-order chi connectivity index (χ0) is 11.1. The first-order valence-electron chi connectivity index (χ1n) is 4.90. The van der Waals surface area contributed by atoms with E-state index in [1.165, 1.54) is 12.5 Å². The van der Waals surface area contributed by atoms with Gasteiger partial charge in [0.2, 0.25) is 5.91 Å². The number of nitrogens with one attached hydrogen (secondary N) is 2. The Bertz CT molecular complexity index is 330. The average molecular weight is 204 g/mol. The summed E-state index contributed by atoms with van der Waals surface area (Å²) < 4.78 is 0. The molecule has 3 heteroatoms. The highest BCUT2D eigenvalue weighted by molar-refractivity contribution is 5.88. The van der Waals surface area contributed by atoms with Crippen LogP contribution in [0.15, 0.2) is 36.9 Å². The van der Waals surface area contributed by atoms with E-state index in [0.717, 1.165) is 18.8 Å². The summed E-state index contributed by atoms with van der Waals surface area (Å²) in [6.45, 7) is 6.74. The predicted octanol–water partition coefficient (Wildman–Crippen LogP) is 1.92. The molecule has 0 saturated heterocycles. The van der Waals surface area contributed by atoms with Gasteiger partial charge >= 0.3 is 0 Å². The van der Waals surface area contributed by atoms with Gasteiger partial charge in [0.1, 0.15) is 0 Å². The highest BCUT2D eigenvalue weighted by Crippen LogP contribution is 2.08. The fourth-order valence-corrected chi connectivity index (χ4v) is 1.23. The molecule has 1 aromatic carbocycles. The highest BCUT2D eigenvalue weighted by Gasteiger charge is 1.95. The molecular formula is C12H16N2O. The van der Waals surface area contributed by atoms with Gasteiger partial charge in [0.25, 0.3) is 0 Å². The third-order valence-corrected chi connectivity index (χ3v) is 1.89. The van der Waals surface area contributed by atoms with E-state index in [-0.39, 0.29) is 5.91 Å². The maximum absolute atomic E-state index is 10.8. The van der Waals surface area contributed by atoms with Gasteiger partial charge in [0, 0.05) is 25.7 Å². The van der Waals surface area contributed by atoms with Crippen LogP contribution < -0.4 is 10.6 Å². The van der Waals surface area contributed by atoms with E-state index in [2.05, 4.69) is 17.2 Å². The van der Waals surface area contributed by atoms with E-state index >= 15 is 0 Å². The van der Waals surface area contributed by atoms with Crippen LogP contribution in [0.4, 0.5) is 5.69 Å². The Morgan fingerprint density at radius 3 is 2.60 bits per heavy atom. The summed E-state index contributed by atoms with van der Waals surface area (Å²) in [4.78, 5) is 10.8. The molecule has 0 bridgehead atoms. The second-order valence-electron chi connectivity index (χ2n) is 3.30. The Morgan fingerprint density at radius 1 is 1.40 bits per heavy atom. The summed E-state index contributed by atoms with van der Waals surface area (Å²) in [5.41, 5.74) is 2.01. The minimum absolute atomic E-state index is 0.0486. The molecule has 0 atom stereocenters. The van der Waals surface area contributed by atoms with Gasteiger partial charge in [0.05, 0.1) is 0 Å². The van der Waals surface area contributed by atoms with Crippen molar-refractivity contribution < 1.29 is 4.79 Å². The molecule has 2 N–H and O–H groups in total. The van der Waals surface area contributed by atoms with Gasteiger partial charge in [-0.05, 0) is 17.7 Å². The molecular weight excluding hydrogens is 188 g/mol. The first-order valence-corrected chi connectivity index (χ1v) is 4.90. The summed E-state index contributed by atoms with van der Waals surface area (Å²) in [5, 5.41) is 5.93. The van der Waals surface area contributed by atoms with Crippen LogP contribution in [0.5, 0.6) is 0 Å². The lowest BCUT2D eigenvalue weighted by atomic mass is 10.2. The van der Waals surface area contributed by atoms with Crippen LogP contribution in [0.3, 0.4) is 0 Å². The highest BCUT2D eigenvalue weighted by atomic mass is 16.1. The Kier molecular flexibility index (Phi) is 4.57. The van der Waals surface area contributed by atoms with Gasteiger partial charge in [-0.2, -0.15) is 0 Å². The number of hydrogen-bond donors (Lipinski definition) is 2. The average Bonchev–Trinajstić information content (AvgIpc) is 2.20. The summed E-state index contributed by atoms with van der Waals surface area (Å²) in [6.07, 6.45) is 1.83. The van der Waals surface area contributed by atoms with Crippen LogP contribution in [0.25, 0.3) is 0 Å². The largest absolute Gasteiger partial charge is 0.326 e. The first kappa shape index (κ1) is 11.5. The van der Waals surface area contributed by atoms with Gasteiger partial charge in [-0.1, -0.05) is 18.2 Å². The monoisotopic (exact) mass is 204 g/mol. The summed E-state index contributed by atoms with van der Waals surface area (Å²) in [6, 6.07) is 7.77. The van der Waals surface area contributed by atoms with Crippen LogP contribution in [-0.2, 0) is 11.3 Å². The second kappa shape index (κ2) is 5.98. The van der Waals surface area contributed by atoms with Crippen molar-refractivity contribution in [2.45, 2.75) is 13.5 Å². The fourth-order valence-electron chi connectivity index (χ4n) is 1.23. The van der Waals surface area contributed by atoms with Crippen LogP contribution >= 0.6 is 0 Å². The van der Waals surface area contributed by atoms with Gasteiger partial charge in [0.15, 0.2) is 0 Å². The summed E-state index contributed by atoms with van der Waals surface area (Å²) in [5.74, 6) is -0.0486. The van der Waals surface area contributed by atoms with Crippen molar-refractivity contribution in [2.75, 3.05) is 11.9 Å². The van der Waals surface area contributed by atoms with Gasteiger partial charge in [-0.25, -0.2) is 0 Å². The first-order chi connectivity index (χ1) is 7.22. The van der Waals surface area contributed by atoms with E-state index in [1.54, 1.807) is 0 Å². The van der Waals surface area contributed by atoms with E-state index in [9.17, 15) is 4.79 Å². The lowest BCUT2D eigenvalue weighted by Crippen LogP contribution is -2.12. The molecule has 1 amide bonds. The molecule has 0 saturated carbocycles. The molecule has 80 valence electrons. The van der Waals surface area contributed by atoms with Crippen molar-refractivity contribution in [3.63, 3.8) is 0 Å². The lowest BCUT2D eigenvalue weighted by Gasteiger charge is -2.04. The Morgan fingerprint density at radius 2 is 2.07 bits per heavy atom. The zero-order valence-corrected chi connectivity index (χ0v) is 8.92. The quantitative estimate of drug-likeness (QED) is 0.568. The molecule has 0 aliphatic rings. The smallest absolute Gasteiger partial charge is 0.221 e. The van der Waals surface area contributed by atoms with Crippen molar-refractivity contribution in [3.05, 3.63) is 42.5 Å². The third kappa shape index (κ3) is 4.42. The molecule has 0 radical (unpaired) electrons. The van der Waals surface area contributed by atoms with Gasteiger partial charge < -0.3 is 10.6 Å².